The maximum atomic E-state index is 12.9. The van der Waals surface area contributed by atoms with Crippen molar-refractivity contribution in [1.29, 1.82) is 0 Å². The van der Waals surface area contributed by atoms with E-state index in [2.05, 4.69) is 10.3 Å². The van der Waals surface area contributed by atoms with Gasteiger partial charge in [-0.2, -0.15) is 0 Å². The van der Waals surface area contributed by atoms with Crippen LogP contribution in [-0.4, -0.2) is 40.6 Å². The first-order valence-electron chi connectivity index (χ1n) is 9.60. The van der Waals surface area contributed by atoms with E-state index in [-0.39, 0.29) is 28.0 Å². The van der Waals surface area contributed by atoms with E-state index in [1.165, 1.54) is 22.8 Å². The molecule has 0 aliphatic carbocycles. The number of rotatable bonds is 6. The first-order chi connectivity index (χ1) is 15.4. The third kappa shape index (κ3) is 4.18. The fraction of sp³-hybridized carbons (Fsp3) is 0.136. The Morgan fingerprint density at radius 2 is 2.09 bits per heavy atom. The Bertz CT molecular complexity index is 1410. The van der Waals surface area contributed by atoms with Crippen LogP contribution in [0.3, 0.4) is 0 Å². The molecule has 0 fully saturated rings. The van der Waals surface area contributed by atoms with Gasteiger partial charge >= 0.3 is 0 Å². The molecule has 4 rings (SSSR count). The lowest BCUT2D eigenvalue weighted by atomic mass is 10.1. The monoisotopic (exact) mass is 470 g/mol. The molecule has 10 heteroatoms. The highest BCUT2D eigenvalue weighted by atomic mass is 35.5. The number of halogens is 1. The quantitative estimate of drug-likeness (QED) is 0.396. The maximum absolute atomic E-state index is 12.9. The van der Waals surface area contributed by atoms with Crippen molar-refractivity contribution < 1.29 is 14.6 Å². The number of thiazole rings is 1. The summed E-state index contributed by atoms with van der Waals surface area (Å²) in [5, 5.41) is 12.7. The molecule has 4 aromatic rings. The van der Waals surface area contributed by atoms with E-state index in [4.69, 9.17) is 22.1 Å². The highest BCUT2D eigenvalue weighted by Gasteiger charge is 2.13. The van der Waals surface area contributed by atoms with E-state index in [9.17, 15) is 14.7 Å². The highest BCUT2D eigenvalue weighted by molar-refractivity contribution is 7.15. The van der Waals surface area contributed by atoms with Crippen LogP contribution in [0.15, 0.2) is 47.4 Å². The number of methoxy groups -OCH3 is 1. The number of imidazole rings is 1. The Balaban J connectivity index is 1.65. The van der Waals surface area contributed by atoms with E-state index in [0.29, 0.717) is 39.4 Å². The topological polar surface area (TPSA) is 119 Å². The number of ether oxygens (including phenoxy) is 1. The molecule has 0 radical (unpaired) electrons. The summed E-state index contributed by atoms with van der Waals surface area (Å²) in [6.07, 6.45) is 3.34. The second-order valence-corrected chi connectivity index (χ2v) is 8.29. The summed E-state index contributed by atoms with van der Waals surface area (Å²) in [6, 6.07) is 10.1. The van der Waals surface area contributed by atoms with Gasteiger partial charge in [-0.15, -0.1) is 0 Å². The SMILES string of the molecule is COc1cc(C=c2sc3nc(-c4ccc(C(=O)NCCN)cc4)cn3c2=O)cc(Cl)c1O. The molecular formula is C22H19ClN4O4S. The van der Waals surface area contributed by atoms with Gasteiger partial charge < -0.3 is 20.9 Å². The van der Waals surface area contributed by atoms with Crippen LogP contribution in [0.5, 0.6) is 11.5 Å². The summed E-state index contributed by atoms with van der Waals surface area (Å²) in [6.45, 7) is 0.784. The van der Waals surface area contributed by atoms with Crippen LogP contribution in [0.25, 0.3) is 22.3 Å². The minimum Gasteiger partial charge on any atom is -0.503 e. The smallest absolute Gasteiger partial charge is 0.274 e. The highest BCUT2D eigenvalue weighted by Crippen LogP contribution is 2.35. The average Bonchev–Trinajstić information content (AvgIpc) is 3.34. The van der Waals surface area contributed by atoms with Crippen molar-refractivity contribution in [1.82, 2.24) is 14.7 Å². The maximum Gasteiger partial charge on any atom is 0.274 e. The molecule has 0 unspecified atom stereocenters. The number of amides is 1. The molecule has 0 spiro atoms. The van der Waals surface area contributed by atoms with Crippen molar-refractivity contribution in [3.8, 4) is 22.8 Å². The standard InChI is InChI=1S/C22H19ClN4O4S/c1-31-17-9-12(8-15(23)19(17)28)10-18-21(30)27-11-16(26-22(27)32-18)13-2-4-14(5-3-13)20(29)25-7-6-24/h2-5,8-11,28H,6-7,24H2,1H3,(H,25,29). The van der Waals surface area contributed by atoms with Crippen molar-refractivity contribution in [3.05, 3.63) is 73.6 Å². The summed E-state index contributed by atoms with van der Waals surface area (Å²) in [5.41, 5.74) is 7.74. The van der Waals surface area contributed by atoms with Gasteiger partial charge in [0.2, 0.25) is 0 Å². The second-order valence-electron chi connectivity index (χ2n) is 6.87. The zero-order valence-corrected chi connectivity index (χ0v) is 18.5. The van der Waals surface area contributed by atoms with Crippen LogP contribution in [0.1, 0.15) is 15.9 Å². The predicted octanol–water partition coefficient (Wildman–Crippen LogP) is 2.03. The molecule has 4 N–H and O–H groups in total. The Morgan fingerprint density at radius 3 is 2.75 bits per heavy atom. The van der Waals surface area contributed by atoms with Crippen molar-refractivity contribution >= 4 is 39.9 Å². The van der Waals surface area contributed by atoms with E-state index < -0.39 is 0 Å². The van der Waals surface area contributed by atoms with Gasteiger partial charge in [-0.05, 0) is 35.9 Å². The number of hydrogen-bond acceptors (Lipinski definition) is 7. The van der Waals surface area contributed by atoms with E-state index in [1.807, 2.05) is 0 Å². The number of phenols is 1. The van der Waals surface area contributed by atoms with Gasteiger partial charge in [0.15, 0.2) is 16.5 Å². The van der Waals surface area contributed by atoms with Crippen LogP contribution in [0, 0.1) is 0 Å². The molecule has 0 aliphatic heterocycles. The molecule has 1 amide bonds. The van der Waals surface area contributed by atoms with Gasteiger partial charge in [-0.3, -0.25) is 14.0 Å². The van der Waals surface area contributed by atoms with Gasteiger partial charge in [0, 0.05) is 30.4 Å². The molecule has 32 heavy (non-hydrogen) atoms. The van der Waals surface area contributed by atoms with Gasteiger partial charge in [0.05, 0.1) is 22.4 Å². The Morgan fingerprint density at radius 1 is 1.34 bits per heavy atom. The lowest BCUT2D eigenvalue weighted by molar-refractivity contribution is 0.0955. The van der Waals surface area contributed by atoms with E-state index in [1.54, 1.807) is 48.7 Å². The van der Waals surface area contributed by atoms with E-state index in [0.717, 1.165) is 5.56 Å². The van der Waals surface area contributed by atoms with E-state index >= 15 is 0 Å². The normalized spacial score (nSPS) is 11.8. The summed E-state index contributed by atoms with van der Waals surface area (Å²) in [7, 11) is 1.42. The molecule has 0 saturated heterocycles. The minimum absolute atomic E-state index is 0.131. The van der Waals surface area contributed by atoms with Crippen molar-refractivity contribution in [2.75, 3.05) is 20.2 Å². The number of aromatic hydroxyl groups is 1. The number of nitrogens with zero attached hydrogens (tertiary/aromatic N) is 2. The number of fused-ring (bicyclic) bond motifs is 1. The predicted molar refractivity (Wildman–Crippen MR) is 125 cm³/mol. The molecule has 2 heterocycles. The lowest BCUT2D eigenvalue weighted by Crippen LogP contribution is -2.28. The molecule has 2 aromatic heterocycles. The lowest BCUT2D eigenvalue weighted by Gasteiger charge is -2.05. The molecule has 164 valence electrons. The average molecular weight is 471 g/mol. The third-order valence-electron chi connectivity index (χ3n) is 4.75. The number of hydrogen-bond donors (Lipinski definition) is 3. The molecule has 0 bridgehead atoms. The van der Waals surface area contributed by atoms with Crippen LogP contribution in [0.2, 0.25) is 5.02 Å². The number of phenolic OH excluding ortho intramolecular Hbond substituents is 1. The Kier molecular flexibility index (Phi) is 6.13. The third-order valence-corrected chi connectivity index (χ3v) is 6.02. The molecule has 0 aliphatic rings. The van der Waals surface area contributed by atoms with Gasteiger partial charge in [0.25, 0.3) is 11.5 Å². The number of nitrogens with one attached hydrogen (secondary N) is 1. The number of aromatic nitrogens is 2. The fourth-order valence-corrected chi connectivity index (χ4v) is 4.31. The zero-order valence-electron chi connectivity index (χ0n) is 17.0. The molecule has 0 saturated carbocycles. The number of nitrogens with two attached hydrogens (primary N) is 1. The summed E-state index contributed by atoms with van der Waals surface area (Å²) in [4.78, 5) is 29.9. The number of benzene rings is 2. The van der Waals surface area contributed by atoms with Crippen molar-refractivity contribution in [3.63, 3.8) is 0 Å². The summed E-state index contributed by atoms with van der Waals surface area (Å²) >= 11 is 7.27. The Labute approximate surface area is 191 Å². The van der Waals surface area contributed by atoms with Crippen LogP contribution >= 0.6 is 22.9 Å². The van der Waals surface area contributed by atoms with Gasteiger partial charge in [0.1, 0.15) is 0 Å². The van der Waals surface area contributed by atoms with Crippen LogP contribution < -0.4 is 25.9 Å². The van der Waals surface area contributed by atoms with Gasteiger partial charge in [-0.25, -0.2) is 4.98 Å². The fourth-order valence-electron chi connectivity index (χ4n) is 3.14. The molecule has 0 atom stereocenters. The minimum atomic E-state index is -0.218. The molecular weight excluding hydrogens is 452 g/mol. The largest absolute Gasteiger partial charge is 0.503 e. The zero-order chi connectivity index (χ0) is 22.8. The van der Waals surface area contributed by atoms with Crippen LogP contribution in [0.4, 0.5) is 0 Å². The Hall–Kier alpha value is -3.40. The summed E-state index contributed by atoms with van der Waals surface area (Å²) in [5.74, 6) is -0.122. The molecule has 2 aromatic carbocycles. The first-order valence-corrected chi connectivity index (χ1v) is 10.8. The van der Waals surface area contributed by atoms with Crippen molar-refractivity contribution in [2.45, 2.75) is 0 Å². The molecule has 8 nitrogen and oxygen atoms in total. The van der Waals surface area contributed by atoms with Crippen molar-refractivity contribution in [2.24, 2.45) is 5.73 Å². The first kappa shape index (κ1) is 21.8. The summed E-state index contributed by atoms with van der Waals surface area (Å²) < 4.78 is 7.05. The number of carbonyl (C=O) groups is 1. The van der Waals surface area contributed by atoms with Crippen LogP contribution in [-0.2, 0) is 0 Å². The van der Waals surface area contributed by atoms with Gasteiger partial charge in [-0.1, -0.05) is 35.1 Å². The number of carbonyl (C=O) groups excluding carboxylic acids is 1. The second kappa shape index (κ2) is 8.99.